The van der Waals surface area contributed by atoms with E-state index >= 15 is 0 Å². The van der Waals surface area contributed by atoms with Gasteiger partial charge in [-0.25, -0.2) is 0 Å². The van der Waals surface area contributed by atoms with Gasteiger partial charge in [0.05, 0.1) is 5.52 Å². The molecule has 1 saturated carbocycles. The van der Waals surface area contributed by atoms with Crippen LogP contribution in [-0.4, -0.2) is 22.0 Å². The Morgan fingerprint density at radius 2 is 2.14 bits per heavy atom. The third kappa shape index (κ3) is 3.58. The summed E-state index contributed by atoms with van der Waals surface area (Å²) < 4.78 is 0. The Balaban J connectivity index is 1.66. The molecule has 1 aliphatic rings. The first-order chi connectivity index (χ1) is 10.3. The number of nitrogens with zero attached hydrogens (tertiary/aromatic N) is 1. The van der Waals surface area contributed by atoms with E-state index in [0.29, 0.717) is 6.04 Å². The molecule has 1 aromatic heterocycles. The van der Waals surface area contributed by atoms with Crippen molar-refractivity contribution >= 4 is 22.7 Å². The first-order valence-corrected chi connectivity index (χ1v) is 9.02. The molecule has 2 aromatic rings. The Hall–Kier alpha value is -1.06. The number of hydrogen-bond donors (Lipinski definition) is 1. The van der Waals surface area contributed by atoms with Gasteiger partial charge >= 0.3 is 0 Å². The second-order valence-corrected chi connectivity index (χ2v) is 7.41. The van der Waals surface area contributed by atoms with Crippen LogP contribution in [0, 0.1) is 6.92 Å². The summed E-state index contributed by atoms with van der Waals surface area (Å²) in [5, 5.41) is 5.81. The van der Waals surface area contributed by atoms with Crippen LogP contribution in [0.4, 0.5) is 0 Å². The fourth-order valence-corrected chi connectivity index (χ4v) is 4.44. The highest BCUT2D eigenvalue weighted by Gasteiger charge is 2.26. The van der Waals surface area contributed by atoms with Gasteiger partial charge in [0.2, 0.25) is 0 Å². The van der Waals surface area contributed by atoms with Crippen LogP contribution in [-0.2, 0) is 6.54 Å². The molecular weight excluding hydrogens is 276 g/mol. The lowest BCUT2D eigenvalue weighted by Gasteiger charge is -2.20. The summed E-state index contributed by atoms with van der Waals surface area (Å²) in [6.45, 7) is 5.27. The number of fused-ring (bicyclic) bond motifs is 1. The van der Waals surface area contributed by atoms with Crippen LogP contribution < -0.4 is 5.32 Å². The maximum absolute atomic E-state index is 4.57. The van der Waals surface area contributed by atoms with E-state index in [-0.39, 0.29) is 0 Å². The van der Waals surface area contributed by atoms with Crippen molar-refractivity contribution in [3.05, 3.63) is 41.6 Å². The zero-order valence-corrected chi connectivity index (χ0v) is 13.7. The van der Waals surface area contributed by atoms with E-state index in [1.54, 1.807) is 0 Å². The summed E-state index contributed by atoms with van der Waals surface area (Å²) >= 11 is 2.11. The van der Waals surface area contributed by atoms with Crippen LogP contribution in [0.25, 0.3) is 10.9 Å². The molecule has 1 N–H and O–H groups in total. The van der Waals surface area contributed by atoms with Gasteiger partial charge in [0, 0.05) is 28.9 Å². The second kappa shape index (κ2) is 6.80. The van der Waals surface area contributed by atoms with Crippen molar-refractivity contribution < 1.29 is 0 Å². The summed E-state index contributed by atoms with van der Waals surface area (Å²) in [5.74, 6) is 1.23. The minimum Gasteiger partial charge on any atom is -0.309 e. The normalized spacial score (nSPS) is 22.0. The number of rotatable bonds is 5. The molecule has 0 spiro atoms. The summed E-state index contributed by atoms with van der Waals surface area (Å²) in [4.78, 5) is 4.57. The molecule has 1 aliphatic carbocycles. The molecule has 0 saturated heterocycles. The zero-order valence-electron chi connectivity index (χ0n) is 12.9. The highest BCUT2D eigenvalue weighted by Crippen LogP contribution is 2.30. The number of nitrogens with one attached hydrogen (secondary N) is 1. The minimum absolute atomic E-state index is 0.682. The van der Waals surface area contributed by atoms with Gasteiger partial charge in [0.15, 0.2) is 0 Å². The second-order valence-electron chi connectivity index (χ2n) is 5.89. The van der Waals surface area contributed by atoms with E-state index in [0.717, 1.165) is 23.0 Å². The maximum Gasteiger partial charge on any atom is 0.0705 e. The molecule has 1 aromatic carbocycles. The molecule has 2 nitrogen and oxygen atoms in total. The van der Waals surface area contributed by atoms with E-state index in [1.807, 2.05) is 6.92 Å². The number of thioether (sulfide) groups is 1. The van der Waals surface area contributed by atoms with E-state index in [1.165, 1.54) is 36.0 Å². The van der Waals surface area contributed by atoms with Crippen LogP contribution in [0.5, 0.6) is 0 Å². The van der Waals surface area contributed by atoms with E-state index in [4.69, 9.17) is 0 Å². The predicted molar refractivity (Wildman–Crippen MR) is 92.9 cm³/mol. The zero-order chi connectivity index (χ0) is 14.7. The number of aromatic nitrogens is 1. The van der Waals surface area contributed by atoms with Crippen molar-refractivity contribution in [1.82, 2.24) is 10.3 Å². The topological polar surface area (TPSA) is 24.9 Å². The van der Waals surface area contributed by atoms with Gasteiger partial charge in [-0.3, -0.25) is 4.98 Å². The Labute approximate surface area is 131 Å². The van der Waals surface area contributed by atoms with E-state index in [2.05, 4.69) is 59.3 Å². The smallest absolute Gasteiger partial charge is 0.0705 e. The van der Waals surface area contributed by atoms with Crippen LogP contribution >= 0.6 is 11.8 Å². The van der Waals surface area contributed by atoms with E-state index < -0.39 is 0 Å². The predicted octanol–water partition coefficient (Wildman–Crippen LogP) is 4.31. The first kappa shape index (κ1) is 14.9. The van der Waals surface area contributed by atoms with Crippen molar-refractivity contribution in [2.75, 3.05) is 5.75 Å². The molecule has 112 valence electrons. The highest BCUT2D eigenvalue weighted by molar-refractivity contribution is 7.99. The fraction of sp³-hybridized carbons (Fsp3) is 0.500. The Morgan fingerprint density at radius 1 is 1.24 bits per heavy atom. The molecule has 2 atom stereocenters. The quantitative estimate of drug-likeness (QED) is 0.891. The molecule has 1 fully saturated rings. The summed E-state index contributed by atoms with van der Waals surface area (Å²) in [6.07, 6.45) is 4.07. The number of benzene rings is 1. The van der Waals surface area contributed by atoms with Crippen LogP contribution in [0.3, 0.4) is 0 Å². The minimum atomic E-state index is 0.682. The number of hydrogen-bond acceptors (Lipinski definition) is 3. The highest BCUT2D eigenvalue weighted by atomic mass is 32.2. The molecule has 0 bridgehead atoms. The molecule has 0 amide bonds. The van der Waals surface area contributed by atoms with Gasteiger partial charge in [-0.15, -0.1) is 0 Å². The monoisotopic (exact) mass is 300 g/mol. The molecule has 0 radical (unpaired) electrons. The lowest BCUT2D eigenvalue weighted by atomic mass is 10.1. The van der Waals surface area contributed by atoms with Crippen LogP contribution in [0.2, 0.25) is 0 Å². The molecular formula is C18H24N2S. The van der Waals surface area contributed by atoms with Crippen molar-refractivity contribution in [1.29, 1.82) is 0 Å². The number of pyridine rings is 1. The van der Waals surface area contributed by atoms with Gasteiger partial charge in [-0.1, -0.05) is 25.5 Å². The van der Waals surface area contributed by atoms with Crippen LogP contribution in [0.1, 0.15) is 37.4 Å². The van der Waals surface area contributed by atoms with Gasteiger partial charge in [0.25, 0.3) is 0 Å². The van der Waals surface area contributed by atoms with Gasteiger partial charge in [0.1, 0.15) is 0 Å². The SMILES string of the molecule is CCSC1CCCC1NCc1ccc2nc(C)ccc2c1. The lowest BCUT2D eigenvalue weighted by molar-refractivity contribution is 0.532. The van der Waals surface area contributed by atoms with Crippen molar-refractivity contribution in [3.8, 4) is 0 Å². The molecule has 0 aliphatic heterocycles. The largest absolute Gasteiger partial charge is 0.309 e. The lowest BCUT2D eigenvalue weighted by Crippen LogP contribution is -2.33. The fourth-order valence-electron chi connectivity index (χ4n) is 3.21. The average molecular weight is 300 g/mol. The Morgan fingerprint density at radius 3 is 3.00 bits per heavy atom. The molecule has 3 heteroatoms. The third-order valence-corrected chi connectivity index (χ3v) is 5.62. The van der Waals surface area contributed by atoms with Crippen molar-refractivity contribution in [2.45, 2.75) is 50.9 Å². The first-order valence-electron chi connectivity index (χ1n) is 7.97. The molecule has 2 unspecified atom stereocenters. The Bertz CT molecular complexity index is 611. The van der Waals surface area contributed by atoms with Crippen LogP contribution in [0.15, 0.2) is 30.3 Å². The molecule has 3 rings (SSSR count). The molecule has 1 heterocycles. The Kier molecular flexibility index (Phi) is 4.81. The average Bonchev–Trinajstić information content (AvgIpc) is 2.93. The maximum atomic E-state index is 4.57. The van der Waals surface area contributed by atoms with Crippen molar-refractivity contribution in [3.63, 3.8) is 0 Å². The summed E-state index contributed by atoms with van der Waals surface area (Å²) in [6, 6.07) is 11.6. The van der Waals surface area contributed by atoms with Gasteiger partial charge in [-0.2, -0.15) is 11.8 Å². The molecule has 21 heavy (non-hydrogen) atoms. The summed E-state index contributed by atoms with van der Waals surface area (Å²) in [7, 11) is 0. The third-order valence-electron chi connectivity index (χ3n) is 4.29. The standard InChI is InChI=1S/C18H24N2S/c1-3-21-18-6-4-5-17(18)19-12-14-8-10-16-15(11-14)9-7-13(2)20-16/h7-11,17-19H,3-6,12H2,1-2H3. The summed E-state index contributed by atoms with van der Waals surface area (Å²) in [5.41, 5.74) is 3.54. The van der Waals surface area contributed by atoms with E-state index in [9.17, 15) is 0 Å². The van der Waals surface area contributed by atoms with Gasteiger partial charge in [-0.05, 0) is 49.3 Å². The van der Waals surface area contributed by atoms with Gasteiger partial charge < -0.3 is 5.32 Å². The number of aryl methyl sites for hydroxylation is 1. The van der Waals surface area contributed by atoms with Crippen molar-refractivity contribution in [2.24, 2.45) is 0 Å².